The van der Waals surface area contributed by atoms with E-state index in [1.807, 2.05) is 24.3 Å². The molecule has 3 heterocycles. The van der Waals surface area contributed by atoms with Crippen molar-refractivity contribution in [2.24, 2.45) is 0 Å². The van der Waals surface area contributed by atoms with Crippen LogP contribution < -0.4 is 5.19 Å². The van der Waals surface area contributed by atoms with Crippen LogP contribution in [-0.4, -0.2) is 53.2 Å². The summed E-state index contributed by atoms with van der Waals surface area (Å²) in [5.74, 6) is 2.62. The second-order valence-corrected chi connectivity index (χ2v) is 7.22. The quantitative estimate of drug-likeness (QED) is 0.541. The lowest BCUT2D eigenvalue weighted by molar-refractivity contribution is 0.00141. The molecule has 100 valence electrons. The Kier molecular flexibility index (Phi) is 3.69. The van der Waals surface area contributed by atoms with Gasteiger partial charge in [-0.25, -0.2) is 0 Å². The molecule has 0 amide bonds. The molecular weight excluding hydrogens is 258 g/mol. The van der Waals surface area contributed by atoms with E-state index in [0.29, 0.717) is 19.8 Å². The third-order valence-corrected chi connectivity index (χ3v) is 6.30. The van der Waals surface area contributed by atoms with Crippen molar-refractivity contribution >= 4 is 14.0 Å². The van der Waals surface area contributed by atoms with Crippen molar-refractivity contribution in [3.05, 3.63) is 29.8 Å². The van der Waals surface area contributed by atoms with E-state index in [1.54, 1.807) is 0 Å². The van der Waals surface area contributed by atoms with E-state index < -0.39 is 8.80 Å². The summed E-state index contributed by atoms with van der Waals surface area (Å²) in [6, 6.07) is 7.78. The highest BCUT2D eigenvalue weighted by Crippen LogP contribution is 2.16. The fourth-order valence-corrected chi connectivity index (χ4v) is 4.81. The first-order valence-corrected chi connectivity index (χ1v) is 8.26. The Hall–Kier alpha value is -1.16. The van der Waals surface area contributed by atoms with Crippen LogP contribution in [0.15, 0.2) is 24.3 Å². The highest BCUT2D eigenvalue weighted by molar-refractivity contribution is 6.75. The van der Waals surface area contributed by atoms with Gasteiger partial charge in [0.05, 0.1) is 19.8 Å². The van der Waals surface area contributed by atoms with Gasteiger partial charge < -0.3 is 13.3 Å². The monoisotopic (exact) mass is 275 g/mol. The largest absolute Gasteiger partial charge is 0.537 e. The minimum atomic E-state index is -2.73. The van der Waals surface area contributed by atoms with Crippen molar-refractivity contribution in [1.29, 1.82) is 0 Å². The lowest BCUT2D eigenvalue weighted by Crippen LogP contribution is -2.62. The van der Waals surface area contributed by atoms with Gasteiger partial charge in [0.1, 0.15) is 0 Å². The van der Waals surface area contributed by atoms with Crippen LogP contribution in [0.5, 0.6) is 0 Å². The lowest BCUT2D eigenvalue weighted by Gasteiger charge is -2.38. The molecule has 0 aromatic heterocycles. The van der Waals surface area contributed by atoms with Crippen molar-refractivity contribution in [1.82, 2.24) is 4.90 Å². The molecule has 2 bridgehead atoms. The number of nitrogens with zero attached hydrogens (tertiary/aromatic N) is 1. The maximum atomic E-state index is 6.00. The number of fused-ring (bicyclic) bond motifs is 6. The molecule has 3 fully saturated rings. The standard InChI is InChI=1S/C14H17NO3Si/c1-2-13-3-5-14(6-4-13)19-16-10-7-15(8-11-17-19)9-12-18-19/h1,3-6H,7-12H2. The second-order valence-electron chi connectivity index (χ2n) is 4.66. The molecular formula is C14H17NO3Si. The molecule has 3 aliphatic rings. The summed E-state index contributed by atoms with van der Waals surface area (Å²) in [5.41, 5.74) is 0.858. The maximum Gasteiger partial charge on any atom is 0.537 e. The molecule has 0 aliphatic carbocycles. The molecule has 0 spiro atoms. The molecule has 0 atom stereocenters. The van der Waals surface area contributed by atoms with E-state index in [4.69, 9.17) is 19.7 Å². The molecule has 4 nitrogen and oxygen atoms in total. The number of benzene rings is 1. The van der Waals surface area contributed by atoms with E-state index in [-0.39, 0.29) is 0 Å². The van der Waals surface area contributed by atoms with Crippen LogP contribution in [0, 0.1) is 12.3 Å². The fourth-order valence-electron chi connectivity index (χ4n) is 2.41. The SMILES string of the molecule is C#Cc1ccc([Si]23OCCN(CCO2)CCO3)cc1. The second kappa shape index (κ2) is 5.45. The molecule has 19 heavy (non-hydrogen) atoms. The smallest absolute Gasteiger partial charge is 0.369 e. The van der Waals surface area contributed by atoms with Gasteiger partial charge in [0.25, 0.3) is 0 Å². The average Bonchev–Trinajstić information content (AvgIpc) is 2.37. The summed E-state index contributed by atoms with van der Waals surface area (Å²) in [4.78, 5) is 2.30. The van der Waals surface area contributed by atoms with Gasteiger partial charge in [0.2, 0.25) is 0 Å². The lowest BCUT2D eigenvalue weighted by atomic mass is 10.2. The topological polar surface area (TPSA) is 30.9 Å². The molecule has 0 radical (unpaired) electrons. The summed E-state index contributed by atoms with van der Waals surface area (Å²) in [6.45, 7) is 4.81. The zero-order valence-corrected chi connectivity index (χ0v) is 11.8. The summed E-state index contributed by atoms with van der Waals surface area (Å²) in [5, 5.41) is 1.00. The Morgan fingerprint density at radius 2 is 1.47 bits per heavy atom. The minimum Gasteiger partial charge on any atom is -0.369 e. The minimum absolute atomic E-state index is 0.656. The van der Waals surface area contributed by atoms with E-state index >= 15 is 0 Å². The number of hydrogen-bond acceptors (Lipinski definition) is 4. The van der Waals surface area contributed by atoms with Crippen LogP contribution in [-0.2, 0) is 13.3 Å². The van der Waals surface area contributed by atoms with Crippen molar-refractivity contribution in [3.8, 4) is 12.3 Å². The van der Waals surface area contributed by atoms with E-state index in [0.717, 1.165) is 30.4 Å². The van der Waals surface area contributed by atoms with E-state index in [1.165, 1.54) is 0 Å². The third kappa shape index (κ3) is 2.59. The molecule has 3 saturated heterocycles. The average molecular weight is 275 g/mol. The van der Waals surface area contributed by atoms with Crippen LogP contribution in [0.2, 0.25) is 0 Å². The van der Waals surface area contributed by atoms with Crippen LogP contribution in [0.25, 0.3) is 0 Å². The third-order valence-electron chi connectivity index (χ3n) is 3.50. The van der Waals surface area contributed by atoms with Crippen LogP contribution >= 0.6 is 0 Å². The van der Waals surface area contributed by atoms with Crippen LogP contribution in [0.4, 0.5) is 0 Å². The molecule has 1 aromatic rings. The predicted molar refractivity (Wildman–Crippen MR) is 74.1 cm³/mol. The Morgan fingerprint density at radius 1 is 0.947 bits per heavy atom. The van der Waals surface area contributed by atoms with Gasteiger partial charge in [-0.3, -0.25) is 4.90 Å². The van der Waals surface area contributed by atoms with Gasteiger partial charge in [-0.05, 0) is 12.1 Å². The van der Waals surface area contributed by atoms with Crippen molar-refractivity contribution < 1.29 is 13.3 Å². The van der Waals surface area contributed by atoms with Crippen LogP contribution in [0.1, 0.15) is 5.56 Å². The molecule has 0 N–H and O–H groups in total. The Balaban J connectivity index is 1.91. The summed E-state index contributed by atoms with van der Waals surface area (Å²) >= 11 is 0. The molecule has 0 saturated carbocycles. The summed E-state index contributed by atoms with van der Waals surface area (Å²) < 4.78 is 18.0. The molecule has 4 rings (SSSR count). The first-order chi connectivity index (χ1) is 9.32. The van der Waals surface area contributed by atoms with Crippen molar-refractivity contribution in [2.45, 2.75) is 0 Å². The molecule has 1 aromatic carbocycles. The van der Waals surface area contributed by atoms with Crippen molar-refractivity contribution in [3.63, 3.8) is 0 Å². The molecule has 3 aliphatic heterocycles. The van der Waals surface area contributed by atoms with Gasteiger partial charge in [-0.1, -0.05) is 18.1 Å². The van der Waals surface area contributed by atoms with Gasteiger partial charge in [-0.2, -0.15) is 0 Å². The molecule has 0 unspecified atom stereocenters. The first kappa shape index (κ1) is 12.8. The number of terminal acetylenes is 1. The van der Waals surface area contributed by atoms with Gasteiger partial charge in [-0.15, -0.1) is 6.42 Å². The van der Waals surface area contributed by atoms with Gasteiger partial charge in [0, 0.05) is 30.4 Å². The van der Waals surface area contributed by atoms with Gasteiger partial charge in [0.15, 0.2) is 0 Å². The summed E-state index contributed by atoms with van der Waals surface area (Å²) in [6.07, 6.45) is 5.38. The van der Waals surface area contributed by atoms with Crippen molar-refractivity contribution in [2.75, 3.05) is 39.5 Å². The zero-order valence-electron chi connectivity index (χ0n) is 10.8. The molecule has 5 heteroatoms. The Labute approximate surface area is 114 Å². The Morgan fingerprint density at radius 3 is 1.95 bits per heavy atom. The predicted octanol–water partition coefficient (Wildman–Crippen LogP) is 0.193. The first-order valence-electron chi connectivity index (χ1n) is 6.54. The highest BCUT2D eigenvalue weighted by atomic mass is 28.4. The summed E-state index contributed by atoms with van der Waals surface area (Å²) in [7, 11) is -2.73. The van der Waals surface area contributed by atoms with Crippen LogP contribution in [0.3, 0.4) is 0 Å². The van der Waals surface area contributed by atoms with Gasteiger partial charge >= 0.3 is 8.80 Å². The number of hydrogen-bond donors (Lipinski definition) is 0. The fraction of sp³-hybridized carbons (Fsp3) is 0.429. The highest BCUT2D eigenvalue weighted by Gasteiger charge is 2.46. The zero-order chi connectivity index (χ0) is 13.1. The Bertz CT molecular complexity index is 456. The maximum absolute atomic E-state index is 6.00. The van der Waals surface area contributed by atoms with E-state index in [2.05, 4.69) is 10.8 Å². The number of rotatable bonds is 1. The normalized spacial score (nSPS) is 31.0. The van der Waals surface area contributed by atoms with E-state index in [9.17, 15) is 0 Å².